The molecule has 0 aliphatic carbocycles. The van der Waals surface area contributed by atoms with E-state index in [1.807, 2.05) is 0 Å². The van der Waals surface area contributed by atoms with Crippen LogP contribution in [0, 0.1) is 0 Å². The molecule has 0 aliphatic heterocycles. The first-order valence-electron chi connectivity index (χ1n) is 2.88. The quantitative estimate of drug-likeness (QED) is 0.229. The molecule has 0 aromatic rings. The normalized spacial score (nSPS) is 9.42. The molecule has 12 heavy (non-hydrogen) atoms. The van der Waals surface area contributed by atoms with E-state index >= 15 is 0 Å². The third-order valence-electron chi connectivity index (χ3n) is 0.453. The molecule has 0 unspecified atom stereocenters. The van der Waals surface area contributed by atoms with Crippen LogP contribution in [0.3, 0.4) is 0 Å². The van der Waals surface area contributed by atoms with Crippen molar-refractivity contribution < 1.29 is 28.8 Å². The fourth-order valence-electron chi connectivity index (χ4n) is 0.201. The number of hydrogen-bond donors (Lipinski definition) is 3. The second kappa shape index (κ2) is 7.94. The average molecular weight is 206 g/mol. The molecule has 0 radical (unpaired) electrons. The Hall–Kier alpha value is 0.320. The molecule has 0 saturated carbocycles. The third kappa shape index (κ3) is 31.7. The fourth-order valence-corrected chi connectivity index (χ4v) is 0.486. The maximum Gasteiger partial charge on any atom is 0.466 e. The van der Waals surface area contributed by atoms with Crippen molar-refractivity contribution in [1.29, 1.82) is 0 Å². The van der Waals surface area contributed by atoms with E-state index in [1.165, 1.54) is 0 Å². The predicted molar refractivity (Wildman–Crippen MR) is 41.2 cm³/mol. The smallest absolute Gasteiger partial charge is 0.303 e. The first kappa shape index (κ1) is 14.8. The summed E-state index contributed by atoms with van der Waals surface area (Å²) in [6, 6.07) is 0. The second-order valence-electron chi connectivity index (χ2n) is 1.47. The van der Waals surface area contributed by atoms with Crippen LogP contribution in [0.2, 0.25) is 0 Å². The molecule has 6 nitrogen and oxygen atoms in total. The zero-order valence-electron chi connectivity index (χ0n) is 6.51. The van der Waals surface area contributed by atoms with E-state index in [0.29, 0.717) is 3.86 Å². The van der Waals surface area contributed by atoms with Gasteiger partial charge in [0.25, 0.3) is 0 Å². The molecule has 66 valence electrons. The molecule has 0 amide bonds. The van der Waals surface area contributed by atoms with Crippen molar-refractivity contribution in [3.8, 4) is 0 Å². The zero-order chi connectivity index (χ0) is 10.2. The molecule has 0 heterocycles. The van der Waals surface area contributed by atoms with Gasteiger partial charge in [-0.15, -0.1) is 0 Å². The Balaban J connectivity index is 0. The number of carbonyl (C=O) groups excluding carboxylic acids is 1. The van der Waals surface area contributed by atoms with E-state index in [4.69, 9.17) is 19.2 Å². The summed E-state index contributed by atoms with van der Waals surface area (Å²) in [5.41, 5.74) is 0. The van der Waals surface area contributed by atoms with Gasteiger partial charge in [-0.3, -0.25) is 0 Å². The molecule has 0 fully saturated rings. The van der Waals surface area contributed by atoms with E-state index in [2.05, 4.69) is 11.3 Å². The molecule has 0 aliphatic rings. The van der Waals surface area contributed by atoms with Crippen molar-refractivity contribution in [2.75, 3.05) is 3.86 Å². The van der Waals surface area contributed by atoms with Gasteiger partial charge in [0.2, 0.25) is 0 Å². The van der Waals surface area contributed by atoms with Gasteiger partial charge in [0.15, 0.2) is 0 Å². The van der Waals surface area contributed by atoms with Crippen LogP contribution in [0.1, 0.15) is 0 Å². The molecule has 0 aromatic heterocycles. The number of rotatable bonds is 2. The van der Waals surface area contributed by atoms with Crippen LogP contribution >= 0.6 is 7.82 Å². The minimum Gasteiger partial charge on any atom is -0.303 e. The van der Waals surface area contributed by atoms with Crippen molar-refractivity contribution >= 4 is 41.7 Å². The summed E-state index contributed by atoms with van der Waals surface area (Å²) in [6.07, 6.45) is 1.16. The topological polar surface area (TPSA) is 104 Å². The minimum atomic E-state index is -4.64. The molecule has 0 spiro atoms. The molecule has 0 saturated heterocycles. The first-order valence-corrected chi connectivity index (χ1v) is 5.86. The SMILES string of the molecule is C=CC(=O)O[CH2][Na].O=P(O)(O)O. The Morgan fingerprint density at radius 2 is 1.92 bits per heavy atom. The Labute approximate surface area is 86.9 Å². The summed E-state index contributed by atoms with van der Waals surface area (Å²) in [5.74, 6) is -0.324. The van der Waals surface area contributed by atoms with Crippen molar-refractivity contribution in [2.24, 2.45) is 0 Å². The molecular formula is C4H8NaO6P. The third-order valence-corrected chi connectivity index (χ3v) is 0.742. The second-order valence-corrected chi connectivity index (χ2v) is 3.07. The van der Waals surface area contributed by atoms with Crippen molar-refractivity contribution in [3.63, 3.8) is 0 Å². The Morgan fingerprint density at radius 3 is 2.00 bits per heavy atom. The number of esters is 1. The van der Waals surface area contributed by atoms with Crippen LogP contribution in [0.5, 0.6) is 0 Å². The van der Waals surface area contributed by atoms with Gasteiger partial charge in [-0.05, 0) is 0 Å². The number of phosphoric acid groups is 1. The molecule has 0 atom stereocenters. The van der Waals surface area contributed by atoms with Gasteiger partial charge in [0.05, 0.1) is 0 Å². The van der Waals surface area contributed by atoms with Gasteiger partial charge in [-0.1, -0.05) is 0 Å². The number of ether oxygens (including phenoxy) is 1. The van der Waals surface area contributed by atoms with Gasteiger partial charge in [0.1, 0.15) is 0 Å². The maximum atomic E-state index is 10.1. The summed E-state index contributed by atoms with van der Waals surface area (Å²) in [6.45, 7) is 3.22. The zero-order valence-corrected chi connectivity index (χ0v) is 9.40. The van der Waals surface area contributed by atoms with Gasteiger partial charge in [-0.25, -0.2) is 4.57 Å². The molecule has 0 aromatic carbocycles. The van der Waals surface area contributed by atoms with E-state index in [9.17, 15) is 4.79 Å². The van der Waals surface area contributed by atoms with Crippen molar-refractivity contribution in [2.45, 2.75) is 0 Å². The van der Waals surface area contributed by atoms with E-state index in [1.54, 1.807) is 0 Å². The van der Waals surface area contributed by atoms with Crippen LogP contribution in [0.25, 0.3) is 0 Å². The average Bonchev–Trinajstić information content (AvgIpc) is 1.85. The van der Waals surface area contributed by atoms with Crippen LogP contribution in [0.15, 0.2) is 12.7 Å². The fraction of sp³-hybridized carbons (Fsp3) is 0.250. The van der Waals surface area contributed by atoms with E-state index < -0.39 is 7.82 Å². The molecular weight excluding hydrogens is 198 g/mol. The summed E-state index contributed by atoms with van der Waals surface area (Å²) >= 11 is 0.901. The van der Waals surface area contributed by atoms with Gasteiger partial charge in [0, 0.05) is 0 Å². The Kier molecular flexibility index (Phi) is 9.81. The van der Waals surface area contributed by atoms with Crippen molar-refractivity contribution in [1.82, 2.24) is 0 Å². The van der Waals surface area contributed by atoms with Crippen LogP contribution in [-0.2, 0) is 14.1 Å². The largest absolute Gasteiger partial charge is 0.466 e. The van der Waals surface area contributed by atoms with Gasteiger partial charge < -0.3 is 14.7 Å². The van der Waals surface area contributed by atoms with Gasteiger partial charge >= 0.3 is 67.8 Å². The molecule has 3 N–H and O–H groups in total. The molecule has 8 heteroatoms. The Bertz CT molecular complexity index is 178. The monoisotopic (exact) mass is 206 g/mol. The maximum absolute atomic E-state index is 10.1. The number of hydrogen-bond acceptors (Lipinski definition) is 3. The minimum absolute atomic E-state index is 0.324. The first-order chi connectivity index (χ1) is 5.31. The van der Waals surface area contributed by atoms with E-state index in [-0.39, 0.29) is 5.97 Å². The van der Waals surface area contributed by atoms with Gasteiger partial charge in [-0.2, -0.15) is 0 Å². The number of carbonyl (C=O) groups is 1. The molecule has 0 bridgehead atoms. The summed E-state index contributed by atoms with van der Waals surface area (Å²) < 4.78 is 13.9. The van der Waals surface area contributed by atoms with Crippen LogP contribution in [-0.4, -0.2) is 52.4 Å². The van der Waals surface area contributed by atoms with E-state index in [0.717, 1.165) is 34.0 Å². The summed E-state index contributed by atoms with van der Waals surface area (Å²) in [7, 11) is -4.64. The van der Waals surface area contributed by atoms with Crippen LogP contribution < -0.4 is 0 Å². The predicted octanol–water partition coefficient (Wildman–Crippen LogP) is -1.09. The summed E-state index contributed by atoms with van der Waals surface area (Å²) in [4.78, 5) is 31.7. The van der Waals surface area contributed by atoms with Crippen LogP contribution in [0.4, 0.5) is 0 Å². The van der Waals surface area contributed by atoms with Crippen molar-refractivity contribution in [3.05, 3.63) is 12.7 Å². The molecule has 0 rings (SSSR count). The standard InChI is InChI=1S/C4H5O2.Na.H3O4P/c1-3-4(5)6-2;;1-5(2,3)4/h3H,1-2H2;;(H3,1,2,3,4). The Morgan fingerprint density at radius 1 is 1.58 bits per heavy atom. The summed E-state index contributed by atoms with van der Waals surface area (Å²) in [5, 5.41) is 0.